The number of carbonyl (C=O) groups is 2. The third-order valence-electron chi connectivity index (χ3n) is 3.95. The average molecular weight is 421 g/mol. The van der Waals surface area contributed by atoms with Gasteiger partial charge in [-0.2, -0.15) is 0 Å². The van der Waals surface area contributed by atoms with E-state index in [-0.39, 0.29) is 6.54 Å². The maximum Gasteiger partial charge on any atom is 0.415 e. The molecule has 6 nitrogen and oxygen atoms in total. The molecule has 162 valence electrons. The van der Waals surface area contributed by atoms with Gasteiger partial charge in [0.25, 0.3) is 0 Å². The molecule has 2 aromatic carbocycles. The van der Waals surface area contributed by atoms with Crippen LogP contribution < -0.4 is 15.0 Å². The number of hydrogen-bond donors (Lipinski definition) is 1. The molecule has 0 radical (unpaired) electrons. The summed E-state index contributed by atoms with van der Waals surface area (Å²) < 4.78 is 10.6. The summed E-state index contributed by atoms with van der Waals surface area (Å²) in [6.45, 7) is 7.89. The monoisotopic (exact) mass is 420 g/mol. The molecule has 0 atom stereocenters. The molecule has 0 spiro atoms. The van der Waals surface area contributed by atoms with Crippen LogP contribution in [0.4, 0.5) is 15.3 Å². The summed E-state index contributed by atoms with van der Waals surface area (Å²) in [5.41, 5.74) is 1.97. The van der Waals surface area contributed by atoms with E-state index in [1.54, 1.807) is 12.1 Å². The Morgan fingerprint density at radius 1 is 1.03 bits per heavy atom. The van der Waals surface area contributed by atoms with Crippen molar-refractivity contribution in [3.8, 4) is 18.1 Å². The maximum absolute atomic E-state index is 12.4. The zero-order valence-corrected chi connectivity index (χ0v) is 18.3. The van der Waals surface area contributed by atoms with Gasteiger partial charge in [0.2, 0.25) is 0 Å². The highest BCUT2D eigenvalue weighted by Gasteiger charge is 2.22. The number of nitrogens with one attached hydrogen (secondary N) is 1. The van der Waals surface area contributed by atoms with Gasteiger partial charge in [-0.3, -0.25) is 4.90 Å². The molecule has 2 amide bonds. The van der Waals surface area contributed by atoms with Gasteiger partial charge >= 0.3 is 12.2 Å². The predicted molar refractivity (Wildman–Crippen MR) is 124 cm³/mol. The highest BCUT2D eigenvalue weighted by Crippen LogP contribution is 2.20. The van der Waals surface area contributed by atoms with Gasteiger partial charge in [0.05, 0.1) is 6.54 Å². The molecule has 2 aromatic rings. The molecular weight excluding hydrogens is 392 g/mol. The van der Waals surface area contributed by atoms with E-state index >= 15 is 0 Å². The average Bonchev–Trinajstić information content (AvgIpc) is 2.71. The molecular formula is C25H28N2O4. The minimum absolute atomic E-state index is 0.120. The lowest BCUT2D eigenvalue weighted by Gasteiger charge is -2.26. The van der Waals surface area contributed by atoms with Crippen LogP contribution >= 0.6 is 0 Å². The van der Waals surface area contributed by atoms with E-state index in [9.17, 15) is 9.59 Å². The molecule has 0 bridgehead atoms. The Balaban J connectivity index is 2.05. The van der Waals surface area contributed by atoms with Crippen molar-refractivity contribution < 1.29 is 19.1 Å². The lowest BCUT2D eigenvalue weighted by atomic mass is 10.1. The first-order valence-corrected chi connectivity index (χ1v) is 9.99. The first-order valence-electron chi connectivity index (χ1n) is 9.99. The van der Waals surface area contributed by atoms with Crippen LogP contribution in [0.1, 0.15) is 38.8 Å². The number of anilines is 1. The molecule has 0 aromatic heterocycles. The van der Waals surface area contributed by atoms with Gasteiger partial charge in [-0.1, -0.05) is 42.3 Å². The highest BCUT2D eigenvalue weighted by molar-refractivity contribution is 5.88. The highest BCUT2D eigenvalue weighted by atomic mass is 16.6. The van der Waals surface area contributed by atoms with Gasteiger partial charge in [-0.05, 0) is 63.1 Å². The minimum Gasteiger partial charge on any atom is -0.443 e. The third-order valence-corrected chi connectivity index (χ3v) is 3.95. The molecule has 6 heteroatoms. The van der Waals surface area contributed by atoms with Gasteiger partial charge in [0, 0.05) is 12.2 Å². The zero-order chi connectivity index (χ0) is 22.9. The molecule has 31 heavy (non-hydrogen) atoms. The lowest BCUT2D eigenvalue weighted by Crippen LogP contribution is -2.37. The number of rotatable bonds is 6. The van der Waals surface area contributed by atoms with Crippen molar-refractivity contribution in [2.75, 3.05) is 18.0 Å². The van der Waals surface area contributed by atoms with Crippen LogP contribution in [0.25, 0.3) is 12.2 Å². The van der Waals surface area contributed by atoms with E-state index in [0.29, 0.717) is 18.0 Å². The Bertz CT molecular complexity index is 949. The molecule has 0 saturated carbocycles. The van der Waals surface area contributed by atoms with Crippen LogP contribution in [-0.4, -0.2) is 30.9 Å². The van der Waals surface area contributed by atoms with Crippen molar-refractivity contribution in [1.82, 2.24) is 5.32 Å². The second-order valence-corrected chi connectivity index (χ2v) is 7.68. The lowest BCUT2D eigenvalue weighted by molar-refractivity contribution is 0.0585. The van der Waals surface area contributed by atoms with Crippen LogP contribution in [0.5, 0.6) is 5.75 Å². The smallest absolute Gasteiger partial charge is 0.415 e. The normalized spacial score (nSPS) is 10.9. The number of amides is 2. The van der Waals surface area contributed by atoms with E-state index in [2.05, 4.69) is 11.2 Å². The van der Waals surface area contributed by atoms with Crippen molar-refractivity contribution in [2.45, 2.75) is 33.3 Å². The minimum atomic E-state index is -0.604. The van der Waals surface area contributed by atoms with Crippen LogP contribution in [0.15, 0.2) is 48.5 Å². The molecule has 0 unspecified atom stereocenters. The number of terminal acetylenes is 1. The van der Waals surface area contributed by atoms with Crippen LogP contribution in [-0.2, 0) is 4.74 Å². The quantitative estimate of drug-likeness (QED) is 0.506. The zero-order valence-electron chi connectivity index (χ0n) is 18.3. The molecule has 0 aliphatic rings. The number of nitrogens with zero attached hydrogens (tertiary/aromatic N) is 1. The Labute approximate surface area is 183 Å². The molecule has 0 saturated heterocycles. The SMILES string of the molecule is C#CCN(C(=O)OC(C)(C)C)c1ccc(/C=C/c2ccc(OC(=O)NCC)cc2)cc1. The summed E-state index contributed by atoms with van der Waals surface area (Å²) in [5, 5.41) is 2.58. The Morgan fingerprint density at radius 2 is 1.58 bits per heavy atom. The molecule has 1 N–H and O–H groups in total. The number of benzene rings is 2. The molecule has 2 rings (SSSR count). The maximum atomic E-state index is 12.4. The third kappa shape index (κ3) is 7.90. The van der Waals surface area contributed by atoms with Crippen molar-refractivity contribution in [1.29, 1.82) is 0 Å². The summed E-state index contributed by atoms with van der Waals surface area (Å²) in [7, 11) is 0. The Hall–Kier alpha value is -3.72. The van der Waals surface area contributed by atoms with E-state index < -0.39 is 17.8 Å². The van der Waals surface area contributed by atoms with Gasteiger partial charge in [0.1, 0.15) is 11.4 Å². The summed E-state index contributed by atoms with van der Waals surface area (Å²) in [6, 6.07) is 14.6. The van der Waals surface area contributed by atoms with E-state index in [1.165, 1.54) is 4.90 Å². The topological polar surface area (TPSA) is 67.9 Å². The van der Waals surface area contributed by atoms with E-state index in [4.69, 9.17) is 15.9 Å². The molecule has 0 heterocycles. The van der Waals surface area contributed by atoms with Gasteiger partial charge in [-0.25, -0.2) is 9.59 Å². The first kappa shape index (κ1) is 23.6. The van der Waals surface area contributed by atoms with Crippen LogP contribution in [0, 0.1) is 12.3 Å². The fourth-order valence-corrected chi connectivity index (χ4v) is 2.56. The molecule has 0 aliphatic heterocycles. The second-order valence-electron chi connectivity index (χ2n) is 7.68. The van der Waals surface area contributed by atoms with E-state index in [0.717, 1.165) is 11.1 Å². The van der Waals surface area contributed by atoms with Gasteiger partial charge in [-0.15, -0.1) is 6.42 Å². The number of hydrogen-bond acceptors (Lipinski definition) is 4. The summed E-state index contributed by atoms with van der Waals surface area (Å²) in [4.78, 5) is 25.3. The van der Waals surface area contributed by atoms with Crippen molar-refractivity contribution >= 4 is 30.0 Å². The fourth-order valence-electron chi connectivity index (χ4n) is 2.56. The number of carbonyl (C=O) groups excluding carboxylic acids is 2. The van der Waals surface area contributed by atoms with Crippen LogP contribution in [0.3, 0.4) is 0 Å². The summed E-state index contributed by atoms with van der Waals surface area (Å²) >= 11 is 0. The standard InChI is InChI=1S/C25H28N2O4/c1-6-18-27(24(29)31-25(3,4)5)21-14-10-19(11-15-21)8-9-20-12-16-22(17-13-20)30-23(28)26-7-2/h1,8-17H,7,18H2,2-5H3,(H,26,28)/b9-8+. The molecule has 0 fully saturated rings. The number of ether oxygens (including phenoxy) is 2. The van der Waals surface area contributed by atoms with Crippen LogP contribution in [0.2, 0.25) is 0 Å². The fraction of sp³-hybridized carbons (Fsp3) is 0.280. The predicted octanol–water partition coefficient (Wildman–Crippen LogP) is 5.34. The molecule has 0 aliphatic carbocycles. The summed E-state index contributed by atoms with van der Waals surface area (Å²) in [6.07, 6.45) is 8.35. The second kappa shape index (κ2) is 10.9. The van der Waals surface area contributed by atoms with E-state index in [1.807, 2.05) is 76.2 Å². The Kier molecular flexibility index (Phi) is 8.27. The Morgan fingerprint density at radius 3 is 2.06 bits per heavy atom. The van der Waals surface area contributed by atoms with Gasteiger partial charge < -0.3 is 14.8 Å². The largest absolute Gasteiger partial charge is 0.443 e. The van der Waals surface area contributed by atoms with Crippen molar-refractivity contribution in [2.24, 2.45) is 0 Å². The summed E-state index contributed by atoms with van der Waals surface area (Å²) in [5.74, 6) is 2.97. The first-order chi connectivity index (χ1) is 14.7. The van der Waals surface area contributed by atoms with Crippen molar-refractivity contribution in [3.63, 3.8) is 0 Å². The van der Waals surface area contributed by atoms with Gasteiger partial charge in [0.15, 0.2) is 0 Å². The van der Waals surface area contributed by atoms with Crippen molar-refractivity contribution in [3.05, 3.63) is 59.7 Å².